The first kappa shape index (κ1) is 18.6. The molecule has 1 saturated heterocycles. The minimum atomic E-state index is -0.0772. The number of nitrogens with zero attached hydrogens (tertiary/aromatic N) is 2. The van der Waals surface area contributed by atoms with Gasteiger partial charge in [0.15, 0.2) is 0 Å². The van der Waals surface area contributed by atoms with Crippen LogP contribution in [0.2, 0.25) is 0 Å². The molecule has 0 bridgehead atoms. The van der Waals surface area contributed by atoms with Crippen LogP contribution in [0.15, 0.2) is 47.8 Å². The Hall–Kier alpha value is -2.73. The van der Waals surface area contributed by atoms with Crippen molar-refractivity contribution >= 4 is 17.6 Å². The maximum absolute atomic E-state index is 13.0. The second-order valence-electron chi connectivity index (χ2n) is 7.65. The van der Waals surface area contributed by atoms with Crippen molar-refractivity contribution in [1.29, 1.82) is 0 Å². The monoisotopic (exact) mass is 378 g/mol. The van der Waals surface area contributed by atoms with Crippen LogP contribution < -0.4 is 10.6 Å². The lowest BCUT2D eigenvalue weighted by Gasteiger charge is -2.24. The summed E-state index contributed by atoms with van der Waals surface area (Å²) in [6.45, 7) is 8.77. The molecule has 6 nitrogen and oxygen atoms in total. The Morgan fingerprint density at radius 3 is 2.89 bits per heavy atom. The van der Waals surface area contributed by atoms with Gasteiger partial charge in [-0.05, 0) is 62.4 Å². The quantitative estimate of drug-likeness (QED) is 0.790. The van der Waals surface area contributed by atoms with E-state index in [2.05, 4.69) is 28.3 Å². The Morgan fingerprint density at radius 1 is 1.36 bits per heavy atom. The predicted octanol–water partition coefficient (Wildman–Crippen LogP) is 2.81. The summed E-state index contributed by atoms with van der Waals surface area (Å²) in [5.41, 5.74) is 4.79. The van der Waals surface area contributed by atoms with Crippen LogP contribution in [0, 0.1) is 5.92 Å². The fourth-order valence-corrected chi connectivity index (χ4v) is 4.26. The fourth-order valence-electron chi connectivity index (χ4n) is 4.26. The third kappa shape index (κ3) is 3.52. The number of rotatable bonds is 4. The number of aromatic nitrogens is 1. The van der Waals surface area contributed by atoms with Crippen molar-refractivity contribution in [2.75, 3.05) is 25.0 Å². The van der Waals surface area contributed by atoms with E-state index in [1.807, 2.05) is 17.9 Å². The molecule has 4 rings (SSSR count). The summed E-state index contributed by atoms with van der Waals surface area (Å²) in [7, 11) is 0. The van der Waals surface area contributed by atoms with Crippen molar-refractivity contribution in [2.24, 2.45) is 5.92 Å². The van der Waals surface area contributed by atoms with Crippen LogP contribution in [-0.4, -0.2) is 41.3 Å². The Labute approximate surface area is 165 Å². The molecular weight excluding hydrogens is 352 g/mol. The number of hydrogen-bond donors (Lipinski definition) is 2. The average molecular weight is 378 g/mol. The molecule has 3 aliphatic heterocycles. The lowest BCUT2D eigenvalue weighted by molar-refractivity contribution is -0.115. The third-order valence-corrected chi connectivity index (χ3v) is 5.93. The van der Waals surface area contributed by atoms with Crippen molar-refractivity contribution in [3.63, 3.8) is 0 Å². The van der Waals surface area contributed by atoms with Crippen molar-refractivity contribution in [1.82, 2.24) is 15.2 Å². The van der Waals surface area contributed by atoms with Crippen LogP contribution >= 0.6 is 0 Å². The van der Waals surface area contributed by atoms with Crippen molar-refractivity contribution in [2.45, 2.75) is 32.6 Å². The molecular formula is C22H26N4O2. The number of carbonyl (C=O) groups is 2. The molecule has 3 aliphatic rings. The number of allylic oxidation sites excluding steroid dienone is 4. The van der Waals surface area contributed by atoms with Gasteiger partial charge in [-0.1, -0.05) is 18.7 Å². The summed E-state index contributed by atoms with van der Waals surface area (Å²) in [5, 5.41) is 6.10. The van der Waals surface area contributed by atoms with E-state index in [-0.39, 0.29) is 18.2 Å². The molecule has 0 aliphatic carbocycles. The van der Waals surface area contributed by atoms with Crippen LogP contribution in [0.1, 0.15) is 42.1 Å². The SMILES string of the molecule is C=C/C(=C\C1=C(C)N(C(=O)c2cnc3c(c2)CC(=O)N3)CC1)C1CCNCC1. The number of hydrogen-bond acceptors (Lipinski definition) is 4. The first-order valence-electron chi connectivity index (χ1n) is 9.92. The molecule has 2 amide bonds. The van der Waals surface area contributed by atoms with Gasteiger partial charge >= 0.3 is 0 Å². The number of anilines is 1. The molecule has 6 heteroatoms. The molecule has 146 valence electrons. The number of pyridine rings is 1. The summed E-state index contributed by atoms with van der Waals surface area (Å²) in [5.74, 6) is 0.968. The van der Waals surface area contributed by atoms with E-state index >= 15 is 0 Å². The van der Waals surface area contributed by atoms with Crippen LogP contribution in [0.25, 0.3) is 0 Å². The van der Waals surface area contributed by atoms with E-state index in [9.17, 15) is 9.59 Å². The Kier molecular flexibility index (Phi) is 5.13. The number of amides is 2. The van der Waals surface area contributed by atoms with Crippen molar-refractivity contribution in [3.05, 3.63) is 59.0 Å². The zero-order valence-electron chi connectivity index (χ0n) is 16.3. The van der Waals surface area contributed by atoms with Crippen LogP contribution in [0.4, 0.5) is 5.82 Å². The molecule has 0 spiro atoms. The molecule has 0 saturated carbocycles. The van der Waals surface area contributed by atoms with E-state index in [4.69, 9.17) is 0 Å². The van der Waals surface area contributed by atoms with E-state index in [0.29, 0.717) is 23.8 Å². The first-order valence-corrected chi connectivity index (χ1v) is 9.92. The van der Waals surface area contributed by atoms with Crippen molar-refractivity contribution < 1.29 is 9.59 Å². The molecule has 2 N–H and O–H groups in total. The van der Waals surface area contributed by atoms with E-state index in [0.717, 1.165) is 43.6 Å². The highest BCUT2D eigenvalue weighted by Crippen LogP contribution is 2.30. The highest BCUT2D eigenvalue weighted by Gasteiger charge is 2.27. The summed E-state index contributed by atoms with van der Waals surface area (Å²) < 4.78 is 0. The second kappa shape index (κ2) is 7.72. The van der Waals surface area contributed by atoms with Gasteiger partial charge in [-0.3, -0.25) is 9.59 Å². The summed E-state index contributed by atoms with van der Waals surface area (Å²) in [4.78, 5) is 30.6. The molecule has 4 heterocycles. The zero-order valence-corrected chi connectivity index (χ0v) is 16.3. The van der Waals surface area contributed by atoms with Gasteiger partial charge in [0, 0.05) is 24.0 Å². The van der Waals surface area contributed by atoms with Gasteiger partial charge < -0.3 is 15.5 Å². The molecule has 28 heavy (non-hydrogen) atoms. The number of carbonyl (C=O) groups excluding carboxylic acids is 2. The van der Waals surface area contributed by atoms with Crippen LogP contribution in [0.3, 0.4) is 0 Å². The smallest absolute Gasteiger partial charge is 0.259 e. The standard InChI is InChI=1S/C22H26N4O2/c1-3-15(16-4-7-23-8-5-16)10-17-6-9-26(14(17)2)22(28)19-11-18-12-20(27)25-21(18)24-13-19/h3,10-11,13,16,23H,1,4-9,12H2,2H3,(H,24,25,27)/b15-10+. The van der Waals surface area contributed by atoms with Gasteiger partial charge in [0.25, 0.3) is 5.91 Å². The van der Waals surface area contributed by atoms with Gasteiger partial charge in [-0.25, -0.2) is 4.98 Å². The maximum atomic E-state index is 13.0. The summed E-state index contributed by atoms with van der Waals surface area (Å²) in [6, 6.07) is 1.79. The van der Waals surface area contributed by atoms with Crippen molar-refractivity contribution in [3.8, 4) is 0 Å². The molecule has 0 radical (unpaired) electrons. The second-order valence-corrected chi connectivity index (χ2v) is 7.65. The molecule has 0 unspecified atom stereocenters. The third-order valence-electron chi connectivity index (χ3n) is 5.93. The van der Waals surface area contributed by atoms with E-state index < -0.39 is 0 Å². The van der Waals surface area contributed by atoms with Gasteiger partial charge in [-0.2, -0.15) is 0 Å². The van der Waals surface area contributed by atoms with Gasteiger partial charge in [-0.15, -0.1) is 0 Å². The number of fused-ring (bicyclic) bond motifs is 1. The fraction of sp³-hybridized carbons (Fsp3) is 0.409. The first-order chi connectivity index (χ1) is 13.6. The normalized spacial score (nSPS) is 20.4. The average Bonchev–Trinajstić information content (AvgIpc) is 3.27. The Morgan fingerprint density at radius 2 is 2.14 bits per heavy atom. The van der Waals surface area contributed by atoms with Gasteiger partial charge in [0.2, 0.25) is 5.91 Å². The maximum Gasteiger partial charge on any atom is 0.259 e. The molecule has 0 atom stereocenters. The summed E-state index contributed by atoms with van der Waals surface area (Å²) in [6.07, 6.45) is 9.13. The molecule has 1 aromatic rings. The molecule has 1 aromatic heterocycles. The van der Waals surface area contributed by atoms with E-state index in [1.165, 1.54) is 11.1 Å². The van der Waals surface area contributed by atoms with Crippen LogP contribution in [-0.2, 0) is 11.2 Å². The highest BCUT2D eigenvalue weighted by molar-refractivity contribution is 6.00. The summed E-state index contributed by atoms with van der Waals surface area (Å²) >= 11 is 0. The lowest BCUT2D eigenvalue weighted by Crippen LogP contribution is -2.28. The van der Waals surface area contributed by atoms with Crippen LogP contribution in [0.5, 0.6) is 0 Å². The number of piperidine rings is 1. The largest absolute Gasteiger partial charge is 0.317 e. The molecule has 1 fully saturated rings. The highest BCUT2D eigenvalue weighted by atomic mass is 16.2. The Balaban J connectivity index is 1.55. The molecule has 0 aromatic carbocycles. The minimum Gasteiger partial charge on any atom is -0.317 e. The Bertz CT molecular complexity index is 894. The lowest BCUT2D eigenvalue weighted by atomic mass is 9.88. The minimum absolute atomic E-state index is 0.0578. The topological polar surface area (TPSA) is 74.3 Å². The van der Waals surface area contributed by atoms with E-state index in [1.54, 1.807) is 12.3 Å². The zero-order chi connectivity index (χ0) is 19.7. The van der Waals surface area contributed by atoms with Gasteiger partial charge in [0.1, 0.15) is 5.82 Å². The predicted molar refractivity (Wildman–Crippen MR) is 109 cm³/mol. The van der Waals surface area contributed by atoms with Gasteiger partial charge in [0.05, 0.1) is 12.0 Å². The number of nitrogens with one attached hydrogen (secondary N) is 2.